The number of aromatic amines is 1. The molecule has 104 valence electrons. The van der Waals surface area contributed by atoms with Crippen molar-refractivity contribution >= 4 is 12.0 Å². The van der Waals surface area contributed by atoms with Crippen LogP contribution in [0, 0.1) is 5.92 Å². The van der Waals surface area contributed by atoms with Crippen LogP contribution >= 0.6 is 0 Å². The number of nitrogens with one attached hydrogen (secondary N) is 3. The van der Waals surface area contributed by atoms with E-state index in [4.69, 9.17) is 0 Å². The summed E-state index contributed by atoms with van der Waals surface area (Å²) in [6, 6.07) is -0.448. The summed E-state index contributed by atoms with van der Waals surface area (Å²) in [5, 5.41) is 14.4. The number of carbonyl (C=O) groups excluding carboxylic acids is 1. The number of carboxylic acids is 1. The van der Waals surface area contributed by atoms with Gasteiger partial charge in [-0.05, 0) is 25.7 Å². The largest absolute Gasteiger partial charge is 0.480 e. The molecule has 1 atom stereocenters. The standard InChI is InChI=1S/C12H18N4O3/c1-12(10(17)18,8-2-3-8)16-11(19)14-5-4-9-6-13-7-15-9/h6-8H,2-5H2,1H3,(H,13,15)(H,17,18)(H2,14,16,19). The Morgan fingerprint density at radius 2 is 2.32 bits per heavy atom. The normalized spacial score (nSPS) is 17.5. The number of urea groups is 1. The number of amides is 2. The number of carboxylic acid groups (broad SMARTS) is 1. The lowest BCUT2D eigenvalue weighted by Gasteiger charge is -2.26. The summed E-state index contributed by atoms with van der Waals surface area (Å²) in [6.07, 6.45) is 5.57. The van der Waals surface area contributed by atoms with Crippen LogP contribution in [0.4, 0.5) is 4.79 Å². The lowest BCUT2D eigenvalue weighted by atomic mass is 9.96. The minimum Gasteiger partial charge on any atom is -0.480 e. The highest BCUT2D eigenvalue weighted by molar-refractivity contribution is 5.86. The summed E-state index contributed by atoms with van der Waals surface area (Å²) >= 11 is 0. The average molecular weight is 266 g/mol. The van der Waals surface area contributed by atoms with Crippen molar-refractivity contribution in [3.8, 4) is 0 Å². The van der Waals surface area contributed by atoms with E-state index in [0.29, 0.717) is 13.0 Å². The second kappa shape index (κ2) is 5.29. The molecule has 0 spiro atoms. The fourth-order valence-corrected chi connectivity index (χ4v) is 2.00. The van der Waals surface area contributed by atoms with Gasteiger partial charge in [-0.3, -0.25) is 0 Å². The number of nitrogens with zero attached hydrogens (tertiary/aromatic N) is 1. The Hall–Kier alpha value is -2.05. The van der Waals surface area contributed by atoms with Crippen LogP contribution in [0.5, 0.6) is 0 Å². The van der Waals surface area contributed by atoms with Gasteiger partial charge in [0.05, 0.1) is 6.33 Å². The van der Waals surface area contributed by atoms with Crippen molar-refractivity contribution in [2.24, 2.45) is 5.92 Å². The van der Waals surface area contributed by atoms with Crippen LogP contribution in [0.3, 0.4) is 0 Å². The molecule has 1 unspecified atom stereocenters. The van der Waals surface area contributed by atoms with Crippen molar-refractivity contribution in [3.63, 3.8) is 0 Å². The van der Waals surface area contributed by atoms with Crippen LogP contribution in [0.15, 0.2) is 12.5 Å². The van der Waals surface area contributed by atoms with Crippen LogP contribution in [0.2, 0.25) is 0 Å². The van der Waals surface area contributed by atoms with Crippen LogP contribution in [0.1, 0.15) is 25.5 Å². The van der Waals surface area contributed by atoms with Crippen LogP contribution in [-0.2, 0) is 11.2 Å². The third kappa shape index (κ3) is 3.24. The lowest BCUT2D eigenvalue weighted by Crippen LogP contribution is -2.56. The third-order valence-electron chi connectivity index (χ3n) is 3.45. The molecule has 0 radical (unpaired) electrons. The first kappa shape index (κ1) is 13.4. The second-order valence-electron chi connectivity index (χ2n) is 4.99. The minimum atomic E-state index is -1.17. The van der Waals surface area contributed by atoms with Gasteiger partial charge in [-0.2, -0.15) is 0 Å². The van der Waals surface area contributed by atoms with E-state index in [0.717, 1.165) is 18.5 Å². The van der Waals surface area contributed by atoms with E-state index in [-0.39, 0.29) is 5.92 Å². The van der Waals surface area contributed by atoms with Gasteiger partial charge < -0.3 is 20.7 Å². The van der Waals surface area contributed by atoms with E-state index in [1.165, 1.54) is 0 Å². The highest BCUT2D eigenvalue weighted by Gasteiger charge is 2.48. The Bertz CT molecular complexity index is 456. The molecule has 1 aromatic heterocycles. The molecule has 7 nitrogen and oxygen atoms in total. The summed E-state index contributed by atoms with van der Waals surface area (Å²) in [5.74, 6) is -0.956. The maximum Gasteiger partial charge on any atom is 0.329 e. The topological polar surface area (TPSA) is 107 Å². The summed E-state index contributed by atoms with van der Waals surface area (Å²) in [4.78, 5) is 29.8. The Balaban J connectivity index is 1.78. The number of hydrogen-bond donors (Lipinski definition) is 4. The molecular formula is C12H18N4O3. The van der Waals surface area contributed by atoms with E-state index in [9.17, 15) is 14.7 Å². The van der Waals surface area contributed by atoms with Crippen molar-refractivity contribution in [1.29, 1.82) is 0 Å². The maximum absolute atomic E-state index is 11.7. The van der Waals surface area contributed by atoms with Crippen molar-refractivity contribution in [2.75, 3.05) is 6.54 Å². The van der Waals surface area contributed by atoms with Gasteiger partial charge in [0, 0.05) is 24.9 Å². The zero-order valence-electron chi connectivity index (χ0n) is 10.8. The first-order valence-corrected chi connectivity index (χ1v) is 6.29. The molecule has 1 saturated carbocycles. The third-order valence-corrected chi connectivity index (χ3v) is 3.45. The van der Waals surface area contributed by atoms with E-state index < -0.39 is 17.5 Å². The highest BCUT2D eigenvalue weighted by Crippen LogP contribution is 2.39. The summed E-state index contributed by atoms with van der Waals surface area (Å²) in [6.45, 7) is 1.98. The minimum absolute atomic E-state index is 0.0309. The Morgan fingerprint density at radius 1 is 1.58 bits per heavy atom. The average Bonchev–Trinajstić information content (AvgIpc) is 3.08. The summed E-state index contributed by atoms with van der Waals surface area (Å²) in [5.41, 5.74) is -0.249. The first-order valence-electron chi connectivity index (χ1n) is 6.29. The van der Waals surface area contributed by atoms with Gasteiger partial charge in [-0.25, -0.2) is 14.6 Å². The van der Waals surface area contributed by atoms with Crippen molar-refractivity contribution in [2.45, 2.75) is 31.7 Å². The fraction of sp³-hybridized carbons (Fsp3) is 0.583. The smallest absolute Gasteiger partial charge is 0.329 e. The monoisotopic (exact) mass is 266 g/mol. The number of carbonyl (C=O) groups is 2. The molecule has 1 aromatic rings. The zero-order chi connectivity index (χ0) is 13.9. The van der Waals surface area contributed by atoms with Gasteiger partial charge in [0.1, 0.15) is 5.54 Å². The van der Waals surface area contributed by atoms with Crippen molar-refractivity contribution < 1.29 is 14.7 Å². The predicted octanol–water partition coefficient (Wildman–Crippen LogP) is 0.505. The number of aromatic nitrogens is 2. The molecule has 1 aliphatic carbocycles. The van der Waals surface area contributed by atoms with Gasteiger partial charge in [0.25, 0.3) is 0 Å². The van der Waals surface area contributed by atoms with Gasteiger partial charge in [-0.15, -0.1) is 0 Å². The molecule has 0 bridgehead atoms. The molecule has 1 aliphatic rings. The molecule has 7 heteroatoms. The number of rotatable bonds is 6. The van der Waals surface area contributed by atoms with Crippen LogP contribution in [-0.4, -0.2) is 39.2 Å². The van der Waals surface area contributed by atoms with Gasteiger partial charge in [0.2, 0.25) is 0 Å². The number of imidazole rings is 1. The van der Waals surface area contributed by atoms with E-state index in [2.05, 4.69) is 20.6 Å². The molecule has 19 heavy (non-hydrogen) atoms. The lowest BCUT2D eigenvalue weighted by molar-refractivity contribution is -0.144. The molecule has 2 amide bonds. The highest BCUT2D eigenvalue weighted by atomic mass is 16.4. The SMILES string of the molecule is CC(NC(=O)NCCc1cnc[nH]1)(C(=O)O)C1CC1. The summed E-state index contributed by atoms with van der Waals surface area (Å²) in [7, 11) is 0. The first-order chi connectivity index (χ1) is 9.02. The number of H-pyrrole nitrogens is 1. The van der Waals surface area contributed by atoms with E-state index >= 15 is 0 Å². The quantitative estimate of drug-likeness (QED) is 0.601. The van der Waals surface area contributed by atoms with Gasteiger partial charge >= 0.3 is 12.0 Å². The van der Waals surface area contributed by atoms with Gasteiger partial charge in [-0.1, -0.05) is 0 Å². The van der Waals surface area contributed by atoms with Crippen molar-refractivity contribution in [3.05, 3.63) is 18.2 Å². The molecule has 4 N–H and O–H groups in total. The molecule has 0 saturated heterocycles. The Morgan fingerprint density at radius 3 is 2.84 bits per heavy atom. The molecule has 1 fully saturated rings. The van der Waals surface area contributed by atoms with Crippen LogP contribution in [0.25, 0.3) is 0 Å². The Labute approximate surface area is 110 Å². The number of aliphatic carboxylic acids is 1. The molecule has 1 heterocycles. The molecule has 0 aliphatic heterocycles. The van der Waals surface area contributed by atoms with Crippen LogP contribution < -0.4 is 10.6 Å². The van der Waals surface area contributed by atoms with Crippen molar-refractivity contribution in [1.82, 2.24) is 20.6 Å². The Kier molecular flexibility index (Phi) is 3.73. The van der Waals surface area contributed by atoms with Gasteiger partial charge in [0.15, 0.2) is 0 Å². The predicted molar refractivity (Wildman–Crippen MR) is 67.6 cm³/mol. The number of hydrogen-bond acceptors (Lipinski definition) is 3. The second-order valence-corrected chi connectivity index (χ2v) is 4.99. The fourth-order valence-electron chi connectivity index (χ4n) is 2.00. The summed E-state index contributed by atoms with van der Waals surface area (Å²) < 4.78 is 0. The van der Waals surface area contributed by atoms with E-state index in [1.807, 2.05) is 0 Å². The molecule has 2 rings (SSSR count). The molecule has 0 aromatic carbocycles. The molecular weight excluding hydrogens is 248 g/mol. The zero-order valence-corrected chi connectivity index (χ0v) is 10.8. The maximum atomic E-state index is 11.7. The van der Waals surface area contributed by atoms with E-state index in [1.54, 1.807) is 19.4 Å².